The number of aliphatic carboxylic acids is 1. The monoisotopic (exact) mass is 474 g/mol. The lowest BCUT2D eigenvalue weighted by Crippen LogP contribution is -2.19. The molecule has 0 saturated heterocycles. The molecule has 0 aliphatic carbocycles. The molecule has 0 bridgehead atoms. The number of hydrogen-bond donors (Lipinski definition) is 2. The van der Waals surface area contributed by atoms with E-state index in [1.165, 1.54) is 0 Å². The van der Waals surface area contributed by atoms with E-state index in [1.54, 1.807) is 0 Å². The van der Waals surface area contributed by atoms with Crippen molar-refractivity contribution in [2.45, 2.75) is 77.0 Å². The number of carbonyl (C=O) groups excluding carboxylic acids is 5. The van der Waals surface area contributed by atoms with Crippen LogP contribution in [-0.2, 0) is 43.0 Å². The fourth-order valence-corrected chi connectivity index (χ4v) is 2.51. The summed E-state index contributed by atoms with van der Waals surface area (Å²) in [7, 11) is 0. The Hall–Kier alpha value is -2.82. The molecule has 0 rings (SSSR count). The number of rotatable bonds is 21. The number of aliphatic hydroxyl groups excluding tert-OH is 1. The topological polar surface area (TPSA) is 171 Å². The lowest BCUT2D eigenvalue weighted by atomic mass is 10.2. The van der Waals surface area contributed by atoms with E-state index in [4.69, 9.17) is 24.4 Å². The SMILES string of the molecule is O=C(O)CCC(=O)C(=O)OCCCCCCOC(=O)C(=O)CCC(=O)OCCCCCCO. The molecule has 0 saturated carbocycles. The van der Waals surface area contributed by atoms with E-state index < -0.39 is 48.3 Å². The number of unbranched alkanes of at least 4 members (excludes halogenated alkanes) is 6. The van der Waals surface area contributed by atoms with Gasteiger partial charge in [-0.1, -0.05) is 6.42 Å². The van der Waals surface area contributed by atoms with Crippen molar-refractivity contribution in [1.29, 1.82) is 0 Å². The number of hydrogen-bond acceptors (Lipinski definition) is 10. The Morgan fingerprint density at radius 3 is 1.39 bits per heavy atom. The molecule has 0 aliphatic rings. The van der Waals surface area contributed by atoms with Crippen molar-refractivity contribution in [2.75, 3.05) is 26.4 Å². The van der Waals surface area contributed by atoms with Gasteiger partial charge in [-0.15, -0.1) is 0 Å². The predicted octanol–water partition coefficient (Wildman–Crippen LogP) is 1.51. The molecular weight excluding hydrogens is 440 g/mol. The van der Waals surface area contributed by atoms with Gasteiger partial charge in [0.15, 0.2) is 0 Å². The van der Waals surface area contributed by atoms with Crippen LogP contribution in [0.3, 0.4) is 0 Å². The Balaban J connectivity index is 3.66. The minimum absolute atomic E-state index is 0.0225. The average Bonchev–Trinajstić information content (AvgIpc) is 2.79. The van der Waals surface area contributed by atoms with Crippen LogP contribution in [-0.4, -0.2) is 72.1 Å². The van der Waals surface area contributed by atoms with Crippen molar-refractivity contribution >= 4 is 35.4 Å². The molecule has 0 fully saturated rings. The van der Waals surface area contributed by atoms with Crippen molar-refractivity contribution in [3.05, 3.63) is 0 Å². The highest BCUT2D eigenvalue weighted by molar-refractivity contribution is 6.34. The van der Waals surface area contributed by atoms with E-state index in [9.17, 15) is 28.8 Å². The molecule has 0 radical (unpaired) electrons. The van der Waals surface area contributed by atoms with Gasteiger partial charge in [-0.3, -0.25) is 19.2 Å². The first kappa shape index (κ1) is 30.2. The summed E-state index contributed by atoms with van der Waals surface area (Å²) in [5.74, 6) is -5.45. The van der Waals surface area contributed by atoms with Crippen molar-refractivity contribution < 1.29 is 53.2 Å². The number of aliphatic hydroxyl groups is 1. The predicted molar refractivity (Wildman–Crippen MR) is 113 cm³/mol. The average molecular weight is 475 g/mol. The van der Waals surface area contributed by atoms with Crippen LogP contribution in [0.25, 0.3) is 0 Å². The van der Waals surface area contributed by atoms with E-state index in [1.807, 2.05) is 0 Å². The van der Waals surface area contributed by atoms with Crippen LogP contribution in [0, 0.1) is 0 Å². The largest absolute Gasteiger partial charge is 0.481 e. The molecule has 0 aromatic heterocycles. The molecular formula is C22H34O11. The second-order valence-electron chi connectivity index (χ2n) is 7.28. The van der Waals surface area contributed by atoms with Crippen molar-refractivity contribution in [3.63, 3.8) is 0 Å². The van der Waals surface area contributed by atoms with Gasteiger partial charge >= 0.3 is 23.9 Å². The second kappa shape index (κ2) is 19.8. The van der Waals surface area contributed by atoms with Gasteiger partial charge in [-0.2, -0.15) is 0 Å². The lowest BCUT2D eigenvalue weighted by Gasteiger charge is -2.06. The highest BCUT2D eigenvalue weighted by atomic mass is 16.5. The van der Waals surface area contributed by atoms with Crippen LogP contribution < -0.4 is 0 Å². The van der Waals surface area contributed by atoms with Crippen LogP contribution in [0.15, 0.2) is 0 Å². The van der Waals surface area contributed by atoms with Crippen LogP contribution in [0.4, 0.5) is 0 Å². The highest BCUT2D eigenvalue weighted by Gasteiger charge is 2.18. The summed E-state index contributed by atoms with van der Waals surface area (Å²) in [6.07, 6.45) is 4.01. The Morgan fingerprint density at radius 2 is 0.939 bits per heavy atom. The fraction of sp³-hybridized carbons (Fsp3) is 0.727. The summed E-state index contributed by atoms with van der Waals surface area (Å²) >= 11 is 0. The molecule has 0 aromatic carbocycles. The zero-order valence-corrected chi connectivity index (χ0v) is 18.9. The molecule has 0 heterocycles. The maximum absolute atomic E-state index is 11.7. The van der Waals surface area contributed by atoms with E-state index in [-0.39, 0.29) is 39.3 Å². The molecule has 0 aromatic rings. The van der Waals surface area contributed by atoms with Gasteiger partial charge in [0, 0.05) is 19.4 Å². The number of esters is 3. The van der Waals surface area contributed by atoms with Gasteiger partial charge in [0.25, 0.3) is 0 Å². The Kier molecular flexibility index (Phi) is 18.1. The molecule has 0 atom stereocenters. The minimum Gasteiger partial charge on any atom is -0.481 e. The number of carboxylic acid groups (broad SMARTS) is 1. The van der Waals surface area contributed by atoms with Crippen molar-refractivity contribution in [2.24, 2.45) is 0 Å². The summed E-state index contributed by atoms with van der Waals surface area (Å²) in [4.78, 5) is 67.8. The molecule has 11 heteroatoms. The quantitative estimate of drug-likeness (QED) is 0.107. The third-order valence-electron chi connectivity index (χ3n) is 4.40. The van der Waals surface area contributed by atoms with Crippen LogP contribution in [0.1, 0.15) is 77.0 Å². The van der Waals surface area contributed by atoms with Crippen molar-refractivity contribution in [1.82, 2.24) is 0 Å². The zero-order chi connectivity index (χ0) is 24.9. The van der Waals surface area contributed by atoms with Gasteiger partial charge in [-0.25, -0.2) is 9.59 Å². The van der Waals surface area contributed by atoms with E-state index in [0.717, 1.165) is 12.8 Å². The Morgan fingerprint density at radius 1 is 0.515 bits per heavy atom. The van der Waals surface area contributed by atoms with Gasteiger partial charge in [-0.05, 0) is 44.9 Å². The van der Waals surface area contributed by atoms with Crippen LogP contribution >= 0.6 is 0 Å². The summed E-state index contributed by atoms with van der Waals surface area (Å²) < 4.78 is 14.6. The fourth-order valence-electron chi connectivity index (χ4n) is 2.51. The molecule has 188 valence electrons. The third-order valence-corrected chi connectivity index (χ3v) is 4.40. The summed E-state index contributed by atoms with van der Waals surface area (Å²) in [6, 6.07) is 0. The minimum atomic E-state index is -1.17. The van der Waals surface area contributed by atoms with E-state index in [0.29, 0.717) is 38.5 Å². The number of Topliss-reactive ketones (excluding diaryl/α,β-unsaturated/α-hetero) is 2. The number of ketones is 2. The lowest BCUT2D eigenvalue weighted by molar-refractivity contribution is -0.155. The normalized spacial score (nSPS) is 10.3. The smallest absolute Gasteiger partial charge is 0.374 e. The van der Waals surface area contributed by atoms with Crippen molar-refractivity contribution in [3.8, 4) is 0 Å². The Labute approximate surface area is 192 Å². The highest BCUT2D eigenvalue weighted by Crippen LogP contribution is 2.04. The number of carbonyl (C=O) groups is 6. The number of carboxylic acids is 1. The summed E-state index contributed by atoms with van der Waals surface area (Å²) in [5, 5.41) is 17.1. The van der Waals surface area contributed by atoms with E-state index in [2.05, 4.69) is 0 Å². The van der Waals surface area contributed by atoms with Gasteiger partial charge in [0.1, 0.15) is 0 Å². The maximum Gasteiger partial charge on any atom is 0.374 e. The molecule has 0 spiro atoms. The van der Waals surface area contributed by atoms with Gasteiger partial charge < -0.3 is 24.4 Å². The Bertz CT molecular complexity index is 642. The number of ether oxygens (including phenoxy) is 3. The molecule has 11 nitrogen and oxygen atoms in total. The standard InChI is InChI=1S/C22H34O11/c23-13-5-1-2-6-14-31-20(28)12-10-18(25)22(30)33-16-8-4-3-7-15-32-21(29)17(24)9-11-19(26)27/h23H,1-16H2,(H,26,27). The molecule has 0 aliphatic heterocycles. The van der Waals surface area contributed by atoms with Crippen LogP contribution in [0.2, 0.25) is 0 Å². The molecule has 0 amide bonds. The maximum atomic E-state index is 11.7. The third kappa shape index (κ3) is 18.5. The zero-order valence-electron chi connectivity index (χ0n) is 18.9. The first-order chi connectivity index (χ1) is 15.8. The molecule has 33 heavy (non-hydrogen) atoms. The van der Waals surface area contributed by atoms with Gasteiger partial charge in [0.05, 0.1) is 32.7 Å². The van der Waals surface area contributed by atoms with Crippen LogP contribution in [0.5, 0.6) is 0 Å². The van der Waals surface area contributed by atoms with Gasteiger partial charge in [0.2, 0.25) is 11.6 Å². The molecule has 0 unspecified atom stereocenters. The van der Waals surface area contributed by atoms with E-state index >= 15 is 0 Å². The first-order valence-electron chi connectivity index (χ1n) is 11.2. The summed E-state index contributed by atoms with van der Waals surface area (Å²) in [6.45, 7) is 0.436. The second-order valence-corrected chi connectivity index (χ2v) is 7.28. The summed E-state index contributed by atoms with van der Waals surface area (Å²) in [5.41, 5.74) is 0. The molecule has 2 N–H and O–H groups in total. The first-order valence-corrected chi connectivity index (χ1v) is 11.2.